The number of anilines is 1. The Morgan fingerprint density at radius 1 is 1.16 bits per heavy atom. The van der Waals surface area contributed by atoms with Crippen LogP contribution in [-0.4, -0.2) is 71.5 Å². The normalized spacial score (nSPS) is 26.4. The number of rotatable bonds is 5. The molecule has 4 fully saturated rings. The lowest BCUT2D eigenvalue weighted by molar-refractivity contribution is 0.0133. The van der Waals surface area contributed by atoms with Crippen molar-refractivity contribution in [2.75, 3.05) is 38.3 Å². The molecule has 4 heterocycles. The number of ether oxygens (including phenoxy) is 2. The highest BCUT2D eigenvalue weighted by Gasteiger charge is 2.47. The van der Waals surface area contributed by atoms with Gasteiger partial charge >= 0.3 is 6.01 Å². The van der Waals surface area contributed by atoms with Crippen LogP contribution in [0.25, 0.3) is 32.8 Å². The molecule has 4 aliphatic rings. The Labute approximate surface area is 257 Å². The minimum Gasteiger partial charge on any atom is -0.508 e. The van der Waals surface area contributed by atoms with E-state index in [2.05, 4.69) is 22.8 Å². The molecule has 1 aliphatic carbocycles. The number of terminal acetylenes is 1. The number of aromatic nitrogens is 2. The molecule has 7 nitrogen and oxygen atoms in total. The molecule has 1 saturated carbocycles. The van der Waals surface area contributed by atoms with E-state index < -0.39 is 5.82 Å². The molecule has 2 bridgehead atoms. The van der Waals surface area contributed by atoms with Gasteiger partial charge in [0.05, 0.1) is 36.4 Å². The molecule has 1 N–H and O–H groups in total. The lowest BCUT2D eigenvalue weighted by Crippen LogP contribution is -2.50. The summed E-state index contributed by atoms with van der Waals surface area (Å²) >= 11 is 0. The van der Waals surface area contributed by atoms with Crippen LogP contribution in [0.4, 0.5) is 10.2 Å². The van der Waals surface area contributed by atoms with Crippen LogP contribution in [0.5, 0.6) is 11.8 Å². The first kappa shape index (κ1) is 27.6. The summed E-state index contributed by atoms with van der Waals surface area (Å²) in [5.74, 6) is 3.03. The fraction of sp³-hybridized carbons (Fsp3) is 0.444. The summed E-state index contributed by atoms with van der Waals surface area (Å²) < 4.78 is 27.4. The van der Waals surface area contributed by atoms with E-state index in [1.165, 1.54) is 25.3 Å². The van der Waals surface area contributed by atoms with E-state index in [1.54, 1.807) is 18.2 Å². The molecule has 0 amide bonds. The number of halogens is 1. The highest BCUT2D eigenvalue weighted by molar-refractivity contribution is 6.05. The van der Waals surface area contributed by atoms with Gasteiger partial charge in [0.15, 0.2) is 0 Å². The molecule has 0 unspecified atom stereocenters. The standard InChI is InChI=1S/C36H37FN4O3/c1-4-26-30(37)11-8-22-15-24(42)17-29(32(22)26)27-9-10-28-33(21(27)2)38-35(39-34(28)41-18-25-16-23(41)19-43-25)44-20-36-12-5-7-31(36)40(3)14-6-13-36/h1,8-11,15,17,23,25,31,42H,5-7,12-14,16,18-20H2,2-3H3/t23-,25-,31-,36-/m1/s1. The van der Waals surface area contributed by atoms with E-state index >= 15 is 0 Å². The predicted octanol–water partition coefficient (Wildman–Crippen LogP) is 6.21. The summed E-state index contributed by atoms with van der Waals surface area (Å²) in [6, 6.07) is 11.5. The average Bonchev–Trinajstić information content (AvgIpc) is 3.77. The zero-order valence-corrected chi connectivity index (χ0v) is 25.3. The van der Waals surface area contributed by atoms with Crippen molar-refractivity contribution in [2.24, 2.45) is 5.41 Å². The first-order valence-corrected chi connectivity index (χ1v) is 15.8. The third-order valence-electron chi connectivity index (χ3n) is 10.8. The Morgan fingerprint density at radius 2 is 2.02 bits per heavy atom. The van der Waals surface area contributed by atoms with Gasteiger partial charge in [0, 0.05) is 28.8 Å². The lowest BCUT2D eigenvalue weighted by atomic mass is 9.76. The van der Waals surface area contributed by atoms with Crippen LogP contribution in [0, 0.1) is 30.5 Å². The molecule has 0 spiro atoms. The van der Waals surface area contributed by atoms with Gasteiger partial charge in [0.25, 0.3) is 0 Å². The van der Waals surface area contributed by atoms with Crippen LogP contribution >= 0.6 is 0 Å². The zero-order valence-electron chi connectivity index (χ0n) is 25.3. The molecule has 4 aromatic rings. The summed E-state index contributed by atoms with van der Waals surface area (Å²) in [4.78, 5) is 15.0. The molecule has 0 radical (unpaired) electrons. The molecule has 8 heteroatoms. The van der Waals surface area contributed by atoms with Crippen molar-refractivity contribution in [1.29, 1.82) is 0 Å². The zero-order chi connectivity index (χ0) is 30.2. The fourth-order valence-electron chi connectivity index (χ4n) is 8.69. The van der Waals surface area contributed by atoms with Gasteiger partial charge in [0.1, 0.15) is 17.4 Å². The van der Waals surface area contributed by atoms with Gasteiger partial charge in [-0.25, -0.2) is 4.39 Å². The molecule has 3 aliphatic heterocycles. The van der Waals surface area contributed by atoms with Crippen LogP contribution in [0.3, 0.4) is 0 Å². The van der Waals surface area contributed by atoms with Crippen molar-refractivity contribution in [2.45, 2.75) is 63.6 Å². The number of hydrogen-bond acceptors (Lipinski definition) is 7. The van der Waals surface area contributed by atoms with Gasteiger partial charge in [0.2, 0.25) is 0 Å². The Bertz CT molecular complexity index is 1850. The van der Waals surface area contributed by atoms with E-state index in [0.717, 1.165) is 60.2 Å². The quantitative estimate of drug-likeness (QED) is 0.277. The summed E-state index contributed by atoms with van der Waals surface area (Å²) in [6.07, 6.45) is 12.9. The second kappa shape index (κ2) is 10.3. The number of benzene rings is 3. The minimum atomic E-state index is -0.463. The van der Waals surface area contributed by atoms with Crippen LogP contribution in [0.1, 0.15) is 49.7 Å². The van der Waals surface area contributed by atoms with Crippen molar-refractivity contribution in [3.63, 3.8) is 0 Å². The minimum absolute atomic E-state index is 0.0879. The number of piperidine rings is 1. The number of fused-ring (bicyclic) bond motifs is 5. The topological polar surface area (TPSA) is 71.0 Å². The third kappa shape index (κ3) is 4.24. The van der Waals surface area contributed by atoms with Crippen molar-refractivity contribution in [3.05, 3.63) is 53.3 Å². The number of phenols is 1. The van der Waals surface area contributed by atoms with Crippen LogP contribution < -0.4 is 9.64 Å². The molecule has 8 rings (SSSR count). The predicted molar refractivity (Wildman–Crippen MR) is 170 cm³/mol. The Hall–Kier alpha value is -3.93. The smallest absolute Gasteiger partial charge is 0.318 e. The summed E-state index contributed by atoms with van der Waals surface area (Å²) in [6.45, 7) is 5.23. The van der Waals surface area contributed by atoms with E-state index in [0.29, 0.717) is 41.6 Å². The van der Waals surface area contributed by atoms with Crippen LogP contribution in [0.2, 0.25) is 0 Å². The molecule has 3 aromatic carbocycles. The van der Waals surface area contributed by atoms with E-state index in [1.807, 2.05) is 19.1 Å². The first-order valence-electron chi connectivity index (χ1n) is 15.8. The number of morpholine rings is 1. The molecule has 4 atom stereocenters. The lowest BCUT2D eigenvalue weighted by Gasteiger charge is -2.44. The van der Waals surface area contributed by atoms with E-state index in [-0.39, 0.29) is 28.9 Å². The summed E-state index contributed by atoms with van der Waals surface area (Å²) in [5, 5.41) is 12.9. The average molecular weight is 593 g/mol. The monoisotopic (exact) mass is 592 g/mol. The number of aromatic hydroxyl groups is 1. The van der Waals surface area contributed by atoms with Crippen LogP contribution in [0.15, 0.2) is 36.4 Å². The number of likely N-dealkylation sites (tertiary alicyclic amines) is 1. The third-order valence-corrected chi connectivity index (χ3v) is 10.8. The van der Waals surface area contributed by atoms with Gasteiger partial charge in [-0.15, -0.1) is 6.42 Å². The highest BCUT2D eigenvalue weighted by Crippen LogP contribution is 2.48. The largest absolute Gasteiger partial charge is 0.508 e. The number of aryl methyl sites for hydroxylation is 1. The van der Waals surface area contributed by atoms with Crippen molar-refractivity contribution < 1.29 is 19.0 Å². The van der Waals surface area contributed by atoms with Gasteiger partial charge in [-0.05, 0) is 99.0 Å². The maximum absolute atomic E-state index is 14.9. The Morgan fingerprint density at radius 3 is 2.82 bits per heavy atom. The summed E-state index contributed by atoms with van der Waals surface area (Å²) in [7, 11) is 2.24. The van der Waals surface area contributed by atoms with Crippen LogP contribution in [-0.2, 0) is 4.74 Å². The molecular formula is C36H37FN4O3. The second-order valence-electron chi connectivity index (χ2n) is 13.3. The highest BCUT2D eigenvalue weighted by atomic mass is 19.1. The van der Waals surface area contributed by atoms with E-state index in [4.69, 9.17) is 25.9 Å². The van der Waals surface area contributed by atoms with Crippen molar-refractivity contribution in [3.8, 4) is 35.2 Å². The maximum atomic E-state index is 14.9. The van der Waals surface area contributed by atoms with Gasteiger partial charge in [-0.2, -0.15) is 9.97 Å². The molecule has 1 aromatic heterocycles. The van der Waals surface area contributed by atoms with Crippen molar-refractivity contribution in [1.82, 2.24) is 14.9 Å². The number of phenolic OH excluding ortho intramolecular Hbond substituents is 1. The molecule has 226 valence electrons. The van der Waals surface area contributed by atoms with Gasteiger partial charge in [-0.3, -0.25) is 0 Å². The Balaban J connectivity index is 1.27. The molecular weight excluding hydrogens is 555 g/mol. The molecule has 44 heavy (non-hydrogen) atoms. The molecule has 3 saturated heterocycles. The Kier molecular flexibility index (Phi) is 6.48. The van der Waals surface area contributed by atoms with Gasteiger partial charge in [-0.1, -0.05) is 24.5 Å². The SMILES string of the molecule is C#Cc1c(F)ccc2cc(O)cc(-c3ccc4c(N5C[C@H]6C[C@@H]5CO6)nc(OC[C@]56CCC[C@H]5N(C)CCC6)nc4c3C)c12. The fourth-order valence-corrected chi connectivity index (χ4v) is 8.69. The van der Waals surface area contributed by atoms with Gasteiger partial charge < -0.3 is 24.4 Å². The summed E-state index contributed by atoms with van der Waals surface area (Å²) in [5.41, 5.74) is 3.47. The second-order valence-corrected chi connectivity index (χ2v) is 13.3. The van der Waals surface area contributed by atoms with E-state index in [9.17, 15) is 9.50 Å². The first-order chi connectivity index (χ1) is 21.3. The number of hydrogen-bond donors (Lipinski definition) is 1. The maximum Gasteiger partial charge on any atom is 0.318 e. The van der Waals surface area contributed by atoms with Crippen molar-refractivity contribution >= 4 is 27.5 Å². The number of nitrogens with zero attached hydrogens (tertiary/aromatic N) is 4.